The Morgan fingerprint density at radius 3 is 2.03 bits per heavy atom. The maximum Gasteiger partial charge on any atom is 0.232 e. The van der Waals surface area contributed by atoms with E-state index in [9.17, 15) is 4.39 Å². The molecule has 0 aliphatic heterocycles. The lowest BCUT2D eigenvalue weighted by Crippen LogP contribution is -2.30. The average molecular weight is 506 g/mol. The topological polar surface area (TPSA) is 13.6 Å². The number of halogens is 1. The number of rotatable bonds is 15. The minimum atomic E-state index is -1.29. The van der Waals surface area contributed by atoms with Crippen molar-refractivity contribution in [2.75, 3.05) is 6.61 Å². The molecule has 1 saturated carbocycles. The molecule has 0 unspecified atom stereocenters. The second-order valence-electron chi connectivity index (χ2n) is 11.6. The predicted molar refractivity (Wildman–Crippen MR) is 155 cm³/mol. The third-order valence-electron chi connectivity index (χ3n) is 8.31. The van der Waals surface area contributed by atoms with Gasteiger partial charge in [-0.05, 0) is 67.3 Å². The summed E-state index contributed by atoms with van der Waals surface area (Å²) < 4.78 is 20.4. The molecule has 0 heterocycles. The quantitative estimate of drug-likeness (QED) is 0.173. The van der Waals surface area contributed by atoms with E-state index >= 15 is 0 Å². The lowest BCUT2D eigenvalue weighted by molar-refractivity contribution is 0.0907. The molecule has 202 valence electrons. The van der Waals surface area contributed by atoms with Crippen molar-refractivity contribution in [3.05, 3.63) is 65.5 Å². The standard InChI is InChI=1S/C34H48FNO/c1-5-7-9-10-12-24-34(36-4)25-21-31(22-26-34)29-15-13-28(14-16-29)30-17-19-32(20-18-30)37-27-33(3,35)23-11-8-6-2/h13-20,31H,5-12,21-27H2,1-3H3/t31?,33-,34?/m0/s1. The Labute approximate surface area is 225 Å². The van der Waals surface area contributed by atoms with Gasteiger partial charge in [0, 0.05) is 19.3 Å². The van der Waals surface area contributed by atoms with E-state index in [0.717, 1.165) is 62.7 Å². The summed E-state index contributed by atoms with van der Waals surface area (Å²) in [6, 6.07) is 17.0. The summed E-state index contributed by atoms with van der Waals surface area (Å²) in [6.45, 7) is 14.0. The Bertz CT molecular complexity index is 949. The van der Waals surface area contributed by atoms with Crippen LogP contribution in [0.2, 0.25) is 0 Å². The normalized spacial score (nSPS) is 21.2. The minimum absolute atomic E-state index is 0.0970. The second-order valence-corrected chi connectivity index (χ2v) is 11.6. The van der Waals surface area contributed by atoms with Crippen molar-refractivity contribution in [2.45, 2.75) is 128 Å². The van der Waals surface area contributed by atoms with Crippen LogP contribution in [0.4, 0.5) is 4.39 Å². The molecule has 1 fully saturated rings. The number of benzene rings is 2. The summed E-state index contributed by atoms with van der Waals surface area (Å²) in [5, 5.41) is 0. The molecule has 2 aromatic rings. The Morgan fingerprint density at radius 1 is 0.865 bits per heavy atom. The number of hydrogen-bond donors (Lipinski definition) is 0. The van der Waals surface area contributed by atoms with E-state index in [1.165, 1.54) is 43.2 Å². The molecule has 0 radical (unpaired) electrons. The van der Waals surface area contributed by atoms with Crippen molar-refractivity contribution >= 4 is 0 Å². The van der Waals surface area contributed by atoms with E-state index in [-0.39, 0.29) is 12.1 Å². The lowest BCUT2D eigenvalue weighted by atomic mass is 9.72. The number of ether oxygens (including phenoxy) is 1. The van der Waals surface area contributed by atoms with Gasteiger partial charge in [-0.1, -0.05) is 95.2 Å². The molecule has 1 aliphatic rings. The fourth-order valence-electron chi connectivity index (χ4n) is 5.70. The molecular formula is C34H48FNO. The predicted octanol–water partition coefficient (Wildman–Crippen LogP) is 10.7. The van der Waals surface area contributed by atoms with Gasteiger partial charge in [0.1, 0.15) is 18.0 Å². The van der Waals surface area contributed by atoms with Gasteiger partial charge in [-0.2, -0.15) is 0 Å². The second kappa shape index (κ2) is 14.6. The van der Waals surface area contributed by atoms with E-state index < -0.39 is 5.67 Å². The number of alkyl halides is 1. The first-order chi connectivity index (χ1) is 17.9. The SMILES string of the molecule is [C-]#[N+]C1(CCCCCCC)CCC(c2ccc(-c3ccc(OC[C@@](C)(F)CCCCC)cc3)cc2)CC1. The summed E-state index contributed by atoms with van der Waals surface area (Å²) >= 11 is 0. The highest BCUT2D eigenvalue weighted by Crippen LogP contribution is 2.43. The van der Waals surface area contributed by atoms with Crippen LogP contribution in [0.1, 0.15) is 122 Å². The van der Waals surface area contributed by atoms with E-state index in [2.05, 4.69) is 55.1 Å². The molecule has 0 aromatic heterocycles. The van der Waals surface area contributed by atoms with Crippen LogP contribution in [-0.4, -0.2) is 17.8 Å². The number of unbranched alkanes of at least 4 members (excludes halogenated alkanes) is 6. The van der Waals surface area contributed by atoms with Gasteiger partial charge in [0.05, 0.1) is 0 Å². The largest absolute Gasteiger partial charge is 0.490 e. The van der Waals surface area contributed by atoms with Gasteiger partial charge in [0.25, 0.3) is 0 Å². The van der Waals surface area contributed by atoms with Crippen molar-refractivity contribution in [3.8, 4) is 16.9 Å². The van der Waals surface area contributed by atoms with Crippen LogP contribution in [0.3, 0.4) is 0 Å². The van der Waals surface area contributed by atoms with Gasteiger partial charge in [-0.3, -0.25) is 0 Å². The molecule has 2 aromatic carbocycles. The van der Waals surface area contributed by atoms with Crippen molar-refractivity contribution < 1.29 is 9.13 Å². The van der Waals surface area contributed by atoms with Crippen LogP contribution in [0.25, 0.3) is 16.0 Å². The third kappa shape index (κ3) is 9.17. The van der Waals surface area contributed by atoms with Crippen molar-refractivity contribution in [2.24, 2.45) is 0 Å². The van der Waals surface area contributed by atoms with Gasteiger partial charge < -0.3 is 9.58 Å². The molecule has 0 bridgehead atoms. The summed E-state index contributed by atoms with van der Waals surface area (Å²) in [5.74, 6) is 1.28. The monoisotopic (exact) mass is 505 g/mol. The van der Waals surface area contributed by atoms with Crippen LogP contribution in [0, 0.1) is 6.57 Å². The number of nitrogens with zero attached hydrogens (tertiary/aromatic N) is 1. The smallest absolute Gasteiger partial charge is 0.232 e. The van der Waals surface area contributed by atoms with E-state index in [0.29, 0.717) is 12.3 Å². The molecule has 0 amide bonds. The van der Waals surface area contributed by atoms with Gasteiger partial charge in [-0.15, -0.1) is 0 Å². The Hall–Kier alpha value is -2.34. The molecule has 0 N–H and O–H groups in total. The van der Waals surface area contributed by atoms with E-state index in [1.54, 1.807) is 6.92 Å². The van der Waals surface area contributed by atoms with E-state index in [1.807, 2.05) is 12.1 Å². The summed E-state index contributed by atoms with van der Waals surface area (Å²) in [7, 11) is 0. The summed E-state index contributed by atoms with van der Waals surface area (Å²) in [4.78, 5) is 4.15. The highest BCUT2D eigenvalue weighted by molar-refractivity contribution is 5.64. The molecule has 37 heavy (non-hydrogen) atoms. The molecule has 1 atom stereocenters. The lowest BCUT2D eigenvalue weighted by Gasteiger charge is -2.31. The fourth-order valence-corrected chi connectivity index (χ4v) is 5.70. The Morgan fingerprint density at radius 2 is 1.43 bits per heavy atom. The maximum atomic E-state index is 14.7. The van der Waals surface area contributed by atoms with Crippen LogP contribution < -0.4 is 4.74 Å². The first-order valence-corrected chi connectivity index (χ1v) is 14.8. The van der Waals surface area contributed by atoms with Crippen LogP contribution in [0.15, 0.2) is 48.5 Å². The minimum Gasteiger partial charge on any atom is -0.490 e. The van der Waals surface area contributed by atoms with Gasteiger partial charge in [0.2, 0.25) is 5.54 Å². The first kappa shape index (κ1) is 29.2. The van der Waals surface area contributed by atoms with Crippen molar-refractivity contribution in [1.82, 2.24) is 0 Å². The summed E-state index contributed by atoms with van der Waals surface area (Å²) in [5.41, 5.74) is 2.33. The molecule has 0 spiro atoms. The van der Waals surface area contributed by atoms with Crippen LogP contribution in [-0.2, 0) is 0 Å². The van der Waals surface area contributed by atoms with Crippen LogP contribution >= 0.6 is 0 Å². The highest BCUT2D eigenvalue weighted by Gasteiger charge is 2.40. The zero-order valence-corrected chi connectivity index (χ0v) is 23.5. The van der Waals surface area contributed by atoms with Gasteiger partial charge in [-0.25, -0.2) is 11.0 Å². The zero-order valence-electron chi connectivity index (χ0n) is 23.5. The van der Waals surface area contributed by atoms with Crippen molar-refractivity contribution in [3.63, 3.8) is 0 Å². The molecule has 1 aliphatic carbocycles. The first-order valence-electron chi connectivity index (χ1n) is 14.8. The Kier molecular flexibility index (Phi) is 11.5. The molecule has 2 nitrogen and oxygen atoms in total. The maximum absolute atomic E-state index is 14.7. The average Bonchev–Trinajstić information content (AvgIpc) is 2.93. The van der Waals surface area contributed by atoms with Gasteiger partial charge >= 0.3 is 0 Å². The van der Waals surface area contributed by atoms with Crippen LogP contribution in [0.5, 0.6) is 5.75 Å². The zero-order chi connectivity index (χ0) is 26.6. The molecule has 3 rings (SSSR count). The molecular weight excluding hydrogens is 457 g/mol. The van der Waals surface area contributed by atoms with Gasteiger partial charge in [0.15, 0.2) is 0 Å². The summed E-state index contributed by atoms with van der Waals surface area (Å²) in [6.07, 6.45) is 15.4. The third-order valence-corrected chi connectivity index (χ3v) is 8.31. The Balaban J connectivity index is 1.49. The molecule has 3 heteroatoms. The fraction of sp³-hybridized carbons (Fsp3) is 0.618. The van der Waals surface area contributed by atoms with Crippen molar-refractivity contribution in [1.29, 1.82) is 0 Å². The molecule has 0 saturated heterocycles. The highest BCUT2D eigenvalue weighted by atomic mass is 19.1. The van der Waals surface area contributed by atoms with E-state index in [4.69, 9.17) is 11.3 Å². The number of hydrogen-bond acceptors (Lipinski definition) is 1.